The average molecular weight is 296 g/mol. The third-order valence-electron chi connectivity index (χ3n) is 2.40. The third kappa shape index (κ3) is 5.48. The summed E-state index contributed by atoms with van der Waals surface area (Å²) in [6.45, 7) is 0.178. The zero-order chi connectivity index (χ0) is 14.5. The van der Waals surface area contributed by atoms with Gasteiger partial charge in [0.15, 0.2) is 0 Å². The zero-order valence-corrected chi connectivity index (χ0v) is 11.1. The first-order chi connectivity index (χ1) is 8.74. The summed E-state index contributed by atoms with van der Waals surface area (Å²) in [5.74, 6) is 0. The van der Waals surface area contributed by atoms with Gasteiger partial charge in [0.2, 0.25) is 10.0 Å². The van der Waals surface area contributed by atoms with Gasteiger partial charge in [0.05, 0.1) is 4.90 Å². The van der Waals surface area contributed by atoms with E-state index in [-0.39, 0.29) is 17.9 Å². The highest BCUT2D eigenvalue weighted by molar-refractivity contribution is 7.89. The van der Waals surface area contributed by atoms with Crippen molar-refractivity contribution in [3.63, 3.8) is 0 Å². The standard InChI is InChI=1S/C11H15F3N2O2S/c1-15-19(17,18)10-5-3-9(4-6-10)16-8-2-7-11(12,13)14/h3-6,15-16H,2,7-8H2,1H3. The number of nitrogens with one attached hydrogen (secondary N) is 2. The Bertz CT molecular complexity index is 498. The van der Waals surface area contributed by atoms with E-state index in [1.54, 1.807) is 0 Å². The molecule has 0 amide bonds. The zero-order valence-electron chi connectivity index (χ0n) is 10.3. The molecule has 0 heterocycles. The van der Waals surface area contributed by atoms with Crippen molar-refractivity contribution in [3.8, 4) is 0 Å². The fraction of sp³-hybridized carbons (Fsp3) is 0.455. The van der Waals surface area contributed by atoms with Gasteiger partial charge in [-0.1, -0.05) is 0 Å². The van der Waals surface area contributed by atoms with Crippen molar-refractivity contribution in [3.05, 3.63) is 24.3 Å². The van der Waals surface area contributed by atoms with Crippen LogP contribution in [0.2, 0.25) is 0 Å². The lowest BCUT2D eigenvalue weighted by molar-refractivity contribution is -0.134. The lowest BCUT2D eigenvalue weighted by Gasteiger charge is -2.09. The fourth-order valence-electron chi connectivity index (χ4n) is 1.39. The largest absolute Gasteiger partial charge is 0.389 e. The summed E-state index contributed by atoms with van der Waals surface area (Å²) in [6.07, 6.45) is -5.02. The number of benzene rings is 1. The topological polar surface area (TPSA) is 58.2 Å². The molecule has 0 aromatic heterocycles. The second kappa shape index (κ2) is 6.25. The first kappa shape index (κ1) is 15.8. The Balaban J connectivity index is 2.50. The molecule has 0 bridgehead atoms. The maximum atomic E-state index is 11.9. The lowest BCUT2D eigenvalue weighted by atomic mass is 10.3. The molecule has 8 heteroatoms. The molecule has 4 nitrogen and oxygen atoms in total. The van der Waals surface area contributed by atoms with E-state index in [1.165, 1.54) is 31.3 Å². The Labute approximate surface area is 110 Å². The van der Waals surface area contributed by atoms with Crippen molar-refractivity contribution in [2.45, 2.75) is 23.9 Å². The molecular weight excluding hydrogens is 281 g/mol. The van der Waals surface area contributed by atoms with Crippen molar-refractivity contribution in [1.29, 1.82) is 0 Å². The number of hydrogen-bond acceptors (Lipinski definition) is 3. The fourth-order valence-corrected chi connectivity index (χ4v) is 2.12. The van der Waals surface area contributed by atoms with Crippen molar-refractivity contribution < 1.29 is 21.6 Å². The van der Waals surface area contributed by atoms with Gasteiger partial charge >= 0.3 is 6.18 Å². The van der Waals surface area contributed by atoms with Crippen LogP contribution in [0.4, 0.5) is 18.9 Å². The number of alkyl halides is 3. The van der Waals surface area contributed by atoms with Gasteiger partial charge in [-0.25, -0.2) is 13.1 Å². The van der Waals surface area contributed by atoms with E-state index in [0.717, 1.165) is 0 Å². The predicted molar refractivity (Wildman–Crippen MR) is 66.5 cm³/mol. The summed E-state index contributed by atoms with van der Waals surface area (Å²) < 4.78 is 60.7. The van der Waals surface area contributed by atoms with Crippen LogP contribution in [0.1, 0.15) is 12.8 Å². The van der Waals surface area contributed by atoms with Crippen LogP contribution in [0.5, 0.6) is 0 Å². The van der Waals surface area contributed by atoms with Crippen molar-refractivity contribution >= 4 is 15.7 Å². The molecule has 1 aromatic rings. The second-order valence-electron chi connectivity index (χ2n) is 3.88. The minimum absolute atomic E-state index is 0.0277. The summed E-state index contributed by atoms with van der Waals surface area (Å²) in [7, 11) is -2.18. The molecule has 0 saturated heterocycles. The Hall–Kier alpha value is -1.28. The van der Waals surface area contributed by atoms with E-state index < -0.39 is 22.6 Å². The highest BCUT2D eigenvalue weighted by Crippen LogP contribution is 2.21. The van der Waals surface area contributed by atoms with Gasteiger partial charge in [0.25, 0.3) is 0 Å². The van der Waals surface area contributed by atoms with Crippen LogP contribution in [-0.2, 0) is 10.0 Å². The third-order valence-corrected chi connectivity index (χ3v) is 3.83. The maximum absolute atomic E-state index is 11.9. The Morgan fingerprint density at radius 3 is 2.21 bits per heavy atom. The van der Waals surface area contributed by atoms with E-state index in [4.69, 9.17) is 0 Å². The average Bonchev–Trinajstić information content (AvgIpc) is 2.34. The molecule has 0 atom stereocenters. The Morgan fingerprint density at radius 2 is 1.74 bits per heavy atom. The normalized spacial score (nSPS) is 12.4. The van der Waals surface area contributed by atoms with Gasteiger partial charge in [-0.3, -0.25) is 0 Å². The molecule has 0 aliphatic carbocycles. The first-order valence-electron chi connectivity index (χ1n) is 5.59. The SMILES string of the molecule is CNS(=O)(=O)c1ccc(NCCCC(F)(F)F)cc1. The lowest BCUT2D eigenvalue weighted by Crippen LogP contribution is -2.18. The van der Waals surface area contributed by atoms with Crippen molar-refractivity contribution in [2.24, 2.45) is 0 Å². The molecule has 19 heavy (non-hydrogen) atoms. The highest BCUT2D eigenvalue weighted by atomic mass is 32.2. The predicted octanol–water partition coefficient (Wildman–Crippen LogP) is 2.35. The molecule has 0 fully saturated rings. The number of anilines is 1. The van der Waals surface area contributed by atoms with E-state index in [2.05, 4.69) is 10.0 Å². The van der Waals surface area contributed by atoms with Crippen LogP contribution in [0.3, 0.4) is 0 Å². The van der Waals surface area contributed by atoms with Gasteiger partial charge in [-0.15, -0.1) is 0 Å². The van der Waals surface area contributed by atoms with E-state index in [1.807, 2.05) is 0 Å². The monoisotopic (exact) mass is 296 g/mol. The van der Waals surface area contributed by atoms with Crippen LogP contribution < -0.4 is 10.0 Å². The number of sulfonamides is 1. The first-order valence-corrected chi connectivity index (χ1v) is 7.07. The molecule has 1 rings (SSSR count). The summed E-state index contributed by atoms with van der Waals surface area (Å²) >= 11 is 0. The minimum atomic E-state index is -4.15. The van der Waals surface area contributed by atoms with Crippen molar-refractivity contribution in [1.82, 2.24) is 4.72 Å². The molecular formula is C11H15F3N2O2S. The van der Waals surface area contributed by atoms with E-state index in [0.29, 0.717) is 5.69 Å². The number of rotatable bonds is 6. The van der Waals surface area contributed by atoms with Crippen LogP contribution in [0.25, 0.3) is 0 Å². The summed E-state index contributed by atoms with van der Waals surface area (Å²) in [5.41, 5.74) is 0.581. The van der Waals surface area contributed by atoms with Crippen LogP contribution in [0, 0.1) is 0 Å². The van der Waals surface area contributed by atoms with Crippen LogP contribution in [-0.4, -0.2) is 28.2 Å². The molecule has 0 spiro atoms. The summed E-state index contributed by atoms with van der Waals surface area (Å²) in [5, 5.41) is 2.80. The van der Waals surface area contributed by atoms with E-state index in [9.17, 15) is 21.6 Å². The van der Waals surface area contributed by atoms with Crippen molar-refractivity contribution in [2.75, 3.05) is 18.9 Å². The van der Waals surface area contributed by atoms with Gasteiger partial charge < -0.3 is 5.32 Å². The molecule has 0 aliphatic rings. The highest BCUT2D eigenvalue weighted by Gasteiger charge is 2.25. The maximum Gasteiger partial charge on any atom is 0.389 e. The van der Waals surface area contributed by atoms with Crippen LogP contribution in [0.15, 0.2) is 29.2 Å². The van der Waals surface area contributed by atoms with Gasteiger partial charge in [0.1, 0.15) is 0 Å². The van der Waals surface area contributed by atoms with E-state index >= 15 is 0 Å². The molecule has 0 saturated carbocycles. The Kier molecular flexibility index (Phi) is 5.19. The molecule has 0 aliphatic heterocycles. The van der Waals surface area contributed by atoms with Gasteiger partial charge in [-0.05, 0) is 37.7 Å². The summed E-state index contributed by atoms with van der Waals surface area (Å²) in [6, 6.07) is 5.80. The quantitative estimate of drug-likeness (QED) is 0.792. The number of hydrogen-bond donors (Lipinski definition) is 2. The summed E-state index contributed by atoms with van der Waals surface area (Å²) in [4.78, 5) is 0.107. The van der Waals surface area contributed by atoms with Gasteiger partial charge in [0, 0.05) is 18.7 Å². The Morgan fingerprint density at radius 1 is 1.16 bits per heavy atom. The van der Waals surface area contributed by atoms with Crippen LogP contribution >= 0.6 is 0 Å². The minimum Gasteiger partial charge on any atom is -0.385 e. The molecule has 0 radical (unpaired) electrons. The number of halogens is 3. The smallest absolute Gasteiger partial charge is 0.385 e. The molecule has 0 unspecified atom stereocenters. The molecule has 1 aromatic carbocycles. The molecule has 2 N–H and O–H groups in total. The second-order valence-corrected chi connectivity index (χ2v) is 5.76. The molecule has 108 valence electrons. The van der Waals surface area contributed by atoms with Gasteiger partial charge in [-0.2, -0.15) is 13.2 Å².